The summed E-state index contributed by atoms with van der Waals surface area (Å²) in [6, 6.07) is 0. The fourth-order valence-corrected chi connectivity index (χ4v) is 2.61. The number of nitrogens with zero attached hydrogens (tertiary/aromatic N) is 2. The third kappa shape index (κ3) is 5.39. The van der Waals surface area contributed by atoms with Crippen molar-refractivity contribution in [1.29, 1.82) is 0 Å². The van der Waals surface area contributed by atoms with Crippen LogP contribution < -0.4 is 5.73 Å². The molecule has 0 aromatic heterocycles. The van der Waals surface area contributed by atoms with Gasteiger partial charge in [0, 0.05) is 6.42 Å². The van der Waals surface area contributed by atoms with Gasteiger partial charge in [0.25, 0.3) is 0 Å². The minimum atomic E-state index is 0.347. The maximum atomic E-state index is 8.46. The highest BCUT2D eigenvalue weighted by atomic mass is 16.4. The molecule has 1 aliphatic rings. The van der Waals surface area contributed by atoms with Gasteiger partial charge in [-0.25, -0.2) is 0 Å². The number of oxime groups is 1. The molecule has 0 radical (unpaired) electrons. The Labute approximate surface area is 105 Å². The molecule has 100 valence electrons. The normalized spacial score (nSPS) is 23.9. The maximum Gasteiger partial charge on any atom is 0.139 e. The maximum absolute atomic E-state index is 8.46. The van der Waals surface area contributed by atoms with Crippen LogP contribution in [0.5, 0.6) is 0 Å². The lowest BCUT2D eigenvalue weighted by Crippen LogP contribution is -2.27. The van der Waals surface area contributed by atoms with Crippen molar-refractivity contribution in [2.75, 3.05) is 19.6 Å². The van der Waals surface area contributed by atoms with Crippen LogP contribution in [0.2, 0.25) is 0 Å². The summed E-state index contributed by atoms with van der Waals surface area (Å²) in [6.07, 6.45) is 5.69. The molecule has 0 amide bonds. The zero-order valence-corrected chi connectivity index (χ0v) is 11.2. The lowest BCUT2D eigenvalue weighted by molar-refractivity contribution is 0.269. The Morgan fingerprint density at radius 3 is 2.82 bits per heavy atom. The van der Waals surface area contributed by atoms with E-state index < -0.39 is 0 Å². The van der Waals surface area contributed by atoms with E-state index in [4.69, 9.17) is 10.9 Å². The van der Waals surface area contributed by atoms with Crippen LogP contribution >= 0.6 is 0 Å². The first-order chi connectivity index (χ1) is 8.13. The molecule has 0 bridgehead atoms. The van der Waals surface area contributed by atoms with Gasteiger partial charge >= 0.3 is 0 Å². The second-order valence-electron chi connectivity index (χ2n) is 5.47. The zero-order valence-electron chi connectivity index (χ0n) is 11.2. The average molecular weight is 241 g/mol. The number of hydrogen-bond acceptors (Lipinski definition) is 3. The van der Waals surface area contributed by atoms with E-state index in [1.807, 2.05) is 0 Å². The first-order valence-electron chi connectivity index (χ1n) is 6.82. The van der Waals surface area contributed by atoms with Gasteiger partial charge < -0.3 is 15.8 Å². The van der Waals surface area contributed by atoms with Crippen molar-refractivity contribution in [2.45, 2.75) is 46.0 Å². The number of likely N-dealkylation sites (tertiary alicyclic amines) is 1. The highest BCUT2D eigenvalue weighted by Crippen LogP contribution is 2.24. The topological polar surface area (TPSA) is 61.8 Å². The van der Waals surface area contributed by atoms with Gasteiger partial charge in [-0.05, 0) is 57.2 Å². The van der Waals surface area contributed by atoms with E-state index in [1.54, 1.807) is 0 Å². The van der Waals surface area contributed by atoms with E-state index >= 15 is 0 Å². The number of hydrogen-bond donors (Lipinski definition) is 2. The first-order valence-corrected chi connectivity index (χ1v) is 6.82. The van der Waals surface area contributed by atoms with E-state index in [2.05, 4.69) is 23.9 Å². The van der Waals surface area contributed by atoms with Crippen molar-refractivity contribution in [3.63, 3.8) is 0 Å². The average Bonchev–Trinajstić information content (AvgIpc) is 2.54. The highest BCUT2D eigenvalue weighted by molar-refractivity contribution is 5.79. The molecule has 4 nitrogen and oxygen atoms in total. The van der Waals surface area contributed by atoms with E-state index in [9.17, 15) is 0 Å². The summed E-state index contributed by atoms with van der Waals surface area (Å²) < 4.78 is 0. The van der Waals surface area contributed by atoms with Gasteiger partial charge in [-0.1, -0.05) is 19.0 Å². The summed E-state index contributed by atoms with van der Waals surface area (Å²) in [5, 5.41) is 11.5. The summed E-state index contributed by atoms with van der Waals surface area (Å²) in [7, 11) is 0. The van der Waals surface area contributed by atoms with Gasteiger partial charge in [0.2, 0.25) is 0 Å². The first kappa shape index (κ1) is 14.3. The molecule has 1 fully saturated rings. The van der Waals surface area contributed by atoms with E-state index in [-0.39, 0.29) is 0 Å². The van der Waals surface area contributed by atoms with Crippen molar-refractivity contribution in [3.05, 3.63) is 0 Å². The van der Waals surface area contributed by atoms with E-state index in [1.165, 1.54) is 32.4 Å². The van der Waals surface area contributed by atoms with E-state index in [0.717, 1.165) is 24.8 Å². The van der Waals surface area contributed by atoms with Crippen LogP contribution in [0.15, 0.2) is 5.16 Å². The zero-order chi connectivity index (χ0) is 12.7. The Morgan fingerprint density at radius 2 is 2.18 bits per heavy atom. The summed E-state index contributed by atoms with van der Waals surface area (Å²) in [6.45, 7) is 8.15. The van der Waals surface area contributed by atoms with E-state index in [0.29, 0.717) is 12.3 Å². The molecule has 1 saturated heterocycles. The minimum Gasteiger partial charge on any atom is -0.409 e. The minimum absolute atomic E-state index is 0.347. The lowest BCUT2D eigenvalue weighted by Gasteiger charge is -2.21. The number of rotatable bonds is 5. The van der Waals surface area contributed by atoms with Crippen LogP contribution in [-0.4, -0.2) is 35.6 Å². The quantitative estimate of drug-likeness (QED) is 0.336. The van der Waals surface area contributed by atoms with Gasteiger partial charge in [-0.15, -0.1) is 0 Å². The van der Waals surface area contributed by atoms with Gasteiger partial charge in [0.05, 0.1) is 0 Å². The van der Waals surface area contributed by atoms with Crippen LogP contribution in [-0.2, 0) is 0 Å². The van der Waals surface area contributed by atoms with Crippen LogP contribution in [0.3, 0.4) is 0 Å². The number of nitrogens with two attached hydrogens (primary N) is 1. The molecule has 1 heterocycles. The van der Waals surface area contributed by atoms with Crippen molar-refractivity contribution in [1.82, 2.24) is 4.90 Å². The predicted molar refractivity (Wildman–Crippen MR) is 71.3 cm³/mol. The third-order valence-electron chi connectivity index (χ3n) is 3.84. The largest absolute Gasteiger partial charge is 0.409 e. The fourth-order valence-electron chi connectivity index (χ4n) is 2.61. The van der Waals surface area contributed by atoms with Gasteiger partial charge in [-0.2, -0.15) is 0 Å². The van der Waals surface area contributed by atoms with Gasteiger partial charge in [0.1, 0.15) is 5.84 Å². The lowest BCUT2D eigenvalue weighted by atomic mass is 9.89. The summed E-state index contributed by atoms with van der Waals surface area (Å²) in [4.78, 5) is 2.52. The standard InChI is InChI=1S/C13H27N3O/c1-11(2)12-5-3-8-16(10-7-12)9-4-6-13(14)15-17/h11-12,17H,3-10H2,1-2H3,(H2,14,15). The van der Waals surface area contributed by atoms with Crippen LogP contribution in [0.4, 0.5) is 0 Å². The second kappa shape index (κ2) is 7.54. The fraction of sp³-hybridized carbons (Fsp3) is 0.923. The Bertz CT molecular complexity index is 241. The molecule has 1 atom stereocenters. The van der Waals surface area contributed by atoms with Gasteiger partial charge in [-0.3, -0.25) is 0 Å². The molecule has 0 saturated carbocycles. The van der Waals surface area contributed by atoms with Crippen LogP contribution in [0.25, 0.3) is 0 Å². The molecular formula is C13H27N3O. The third-order valence-corrected chi connectivity index (χ3v) is 3.84. The second-order valence-corrected chi connectivity index (χ2v) is 5.47. The predicted octanol–water partition coefficient (Wildman–Crippen LogP) is 2.27. The Balaban J connectivity index is 2.22. The van der Waals surface area contributed by atoms with Crippen molar-refractivity contribution in [3.8, 4) is 0 Å². The van der Waals surface area contributed by atoms with Crippen molar-refractivity contribution >= 4 is 5.84 Å². The summed E-state index contributed by atoms with van der Waals surface area (Å²) in [5.74, 6) is 2.05. The Hall–Kier alpha value is -0.770. The molecule has 1 rings (SSSR count). The highest BCUT2D eigenvalue weighted by Gasteiger charge is 2.18. The molecule has 1 unspecified atom stereocenters. The molecule has 0 aliphatic carbocycles. The molecule has 0 aromatic carbocycles. The van der Waals surface area contributed by atoms with Crippen LogP contribution in [0.1, 0.15) is 46.0 Å². The summed E-state index contributed by atoms with van der Waals surface area (Å²) in [5.41, 5.74) is 5.46. The molecule has 17 heavy (non-hydrogen) atoms. The molecule has 4 heteroatoms. The van der Waals surface area contributed by atoms with Gasteiger partial charge in [0.15, 0.2) is 0 Å². The van der Waals surface area contributed by atoms with Crippen molar-refractivity contribution < 1.29 is 5.21 Å². The molecular weight excluding hydrogens is 214 g/mol. The number of amidine groups is 1. The molecule has 0 aromatic rings. The smallest absolute Gasteiger partial charge is 0.139 e. The molecule has 0 spiro atoms. The molecule has 1 aliphatic heterocycles. The Kier molecular flexibility index (Phi) is 6.34. The Morgan fingerprint density at radius 1 is 1.41 bits per heavy atom. The van der Waals surface area contributed by atoms with Crippen molar-refractivity contribution in [2.24, 2.45) is 22.7 Å². The monoisotopic (exact) mass is 241 g/mol. The molecule has 3 N–H and O–H groups in total. The van der Waals surface area contributed by atoms with Crippen LogP contribution in [0, 0.1) is 11.8 Å². The SMILES string of the molecule is CC(C)C1CCCN(CCCC(N)=NO)CC1. The summed E-state index contributed by atoms with van der Waals surface area (Å²) >= 11 is 0.